The molecule has 0 aliphatic rings. The zero-order valence-corrected chi connectivity index (χ0v) is 17.8. The van der Waals surface area contributed by atoms with Crippen LogP contribution in [-0.4, -0.2) is 37.4 Å². The Morgan fingerprint density at radius 2 is 1.77 bits per heavy atom. The largest absolute Gasteiger partial charge is 0.336 e. The first-order chi connectivity index (χ1) is 14.4. The molecule has 4 rings (SSSR count). The van der Waals surface area contributed by atoms with Crippen molar-refractivity contribution >= 4 is 17.5 Å². The summed E-state index contributed by atoms with van der Waals surface area (Å²) in [6.45, 7) is 2.28. The Morgan fingerprint density at radius 1 is 1.07 bits per heavy atom. The van der Waals surface area contributed by atoms with Gasteiger partial charge in [0.05, 0.1) is 17.1 Å². The van der Waals surface area contributed by atoms with E-state index in [1.807, 2.05) is 72.4 Å². The van der Waals surface area contributed by atoms with Gasteiger partial charge in [0.2, 0.25) is 0 Å². The molecule has 0 unspecified atom stereocenters. The summed E-state index contributed by atoms with van der Waals surface area (Å²) in [4.78, 5) is 14.7. The third kappa shape index (κ3) is 4.00. The minimum atomic E-state index is -0.0902. The lowest BCUT2D eigenvalue weighted by Crippen LogP contribution is -2.28. The zero-order valence-electron chi connectivity index (χ0n) is 17.1. The van der Waals surface area contributed by atoms with Crippen molar-refractivity contribution in [2.45, 2.75) is 13.5 Å². The number of halogens is 1. The quantitative estimate of drug-likeness (QED) is 0.478. The van der Waals surface area contributed by atoms with Gasteiger partial charge in [-0.2, -0.15) is 10.2 Å². The van der Waals surface area contributed by atoms with Crippen LogP contribution in [0.5, 0.6) is 0 Å². The minimum absolute atomic E-state index is 0.0902. The molecule has 0 radical (unpaired) electrons. The first-order valence-electron chi connectivity index (χ1n) is 9.58. The molecule has 0 aliphatic heterocycles. The number of benzene rings is 2. The first-order valence-corrected chi connectivity index (χ1v) is 9.96. The van der Waals surface area contributed by atoms with Gasteiger partial charge in [0.25, 0.3) is 5.91 Å². The molecule has 0 saturated carbocycles. The fraction of sp³-hybridized carbons (Fsp3) is 0.174. The Balaban J connectivity index is 1.70. The van der Waals surface area contributed by atoms with Gasteiger partial charge in [0.15, 0.2) is 0 Å². The molecular weight excluding hydrogens is 398 g/mol. The van der Waals surface area contributed by atoms with Crippen molar-refractivity contribution in [2.75, 3.05) is 7.05 Å². The SMILES string of the molecule is Cc1cc(C(=O)N(C)Cc2cn(-c3ccccc3)nc2-c2ccc(Cl)cc2)n(C)n1. The Bertz CT molecular complexity index is 1180. The molecule has 0 spiro atoms. The van der Waals surface area contributed by atoms with Gasteiger partial charge < -0.3 is 4.90 Å². The number of hydrogen-bond donors (Lipinski definition) is 0. The van der Waals surface area contributed by atoms with Crippen LogP contribution in [0, 0.1) is 6.92 Å². The highest BCUT2D eigenvalue weighted by molar-refractivity contribution is 6.30. The molecule has 4 aromatic rings. The van der Waals surface area contributed by atoms with Crippen LogP contribution in [-0.2, 0) is 13.6 Å². The van der Waals surface area contributed by atoms with Gasteiger partial charge in [-0.3, -0.25) is 9.48 Å². The number of aryl methyl sites for hydroxylation is 2. The van der Waals surface area contributed by atoms with Gasteiger partial charge in [0.1, 0.15) is 5.69 Å². The topological polar surface area (TPSA) is 56.0 Å². The number of nitrogens with zero attached hydrogens (tertiary/aromatic N) is 5. The molecule has 30 heavy (non-hydrogen) atoms. The van der Waals surface area contributed by atoms with Crippen LogP contribution >= 0.6 is 11.6 Å². The van der Waals surface area contributed by atoms with Crippen LogP contribution in [0.15, 0.2) is 66.9 Å². The van der Waals surface area contributed by atoms with E-state index in [4.69, 9.17) is 16.7 Å². The molecule has 1 amide bonds. The lowest BCUT2D eigenvalue weighted by atomic mass is 10.1. The third-order valence-electron chi connectivity index (χ3n) is 4.90. The van der Waals surface area contributed by atoms with Crippen LogP contribution in [0.3, 0.4) is 0 Å². The van der Waals surface area contributed by atoms with Crippen LogP contribution in [0.25, 0.3) is 16.9 Å². The number of aromatic nitrogens is 4. The predicted molar refractivity (Wildman–Crippen MR) is 118 cm³/mol. The summed E-state index contributed by atoms with van der Waals surface area (Å²) < 4.78 is 3.45. The second kappa shape index (κ2) is 8.16. The van der Waals surface area contributed by atoms with Crippen LogP contribution < -0.4 is 0 Å². The van der Waals surface area contributed by atoms with E-state index in [1.54, 1.807) is 29.7 Å². The molecule has 2 heterocycles. The summed E-state index contributed by atoms with van der Waals surface area (Å²) in [5.74, 6) is -0.0902. The second-order valence-corrected chi connectivity index (χ2v) is 7.68. The van der Waals surface area contributed by atoms with E-state index < -0.39 is 0 Å². The van der Waals surface area contributed by atoms with Gasteiger partial charge in [0, 0.05) is 43.0 Å². The number of carbonyl (C=O) groups is 1. The minimum Gasteiger partial charge on any atom is -0.336 e. The van der Waals surface area contributed by atoms with E-state index in [2.05, 4.69) is 5.10 Å². The van der Waals surface area contributed by atoms with Gasteiger partial charge in [-0.15, -0.1) is 0 Å². The van der Waals surface area contributed by atoms with E-state index in [1.165, 1.54) is 0 Å². The average Bonchev–Trinajstić information content (AvgIpc) is 3.31. The van der Waals surface area contributed by atoms with Crippen molar-refractivity contribution in [2.24, 2.45) is 7.05 Å². The van der Waals surface area contributed by atoms with Gasteiger partial charge in [-0.25, -0.2) is 4.68 Å². The molecule has 0 atom stereocenters. The fourth-order valence-corrected chi connectivity index (χ4v) is 3.55. The van der Waals surface area contributed by atoms with Crippen LogP contribution in [0.1, 0.15) is 21.7 Å². The van der Waals surface area contributed by atoms with Crippen LogP contribution in [0.4, 0.5) is 0 Å². The highest BCUT2D eigenvalue weighted by Crippen LogP contribution is 2.26. The molecule has 0 bridgehead atoms. The molecule has 0 N–H and O–H groups in total. The van der Waals surface area contributed by atoms with Crippen molar-refractivity contribution in [3.8, 4) is 16.9 Å². The van der Waals surface area contributed by atoms with Gasteiger partial charge >= 0.3 is 0 Å². The molecular formula is C23H22ClN5O. The first kappa shape index (κ1) is 19.9. The predicted octanol–water partition coefficient (Wildman–Crippen LogP) is 4.51. The number of para-hydroxylation sites is 1. The molecule has 6 nitrogen and oxygen atoms in total. The van der Waals surface area contributed by atoms with Gasteiger partial charge in [-0.1, -0.05) is 41.9 Å². The molecule has 2 aromatic carbocycles. The van der Waals surface area contributed by atoms with Crippen molar-refractivity contribution in [1.82, 2.24) is 24.5 Å². The Hall–Kier alpha value is -3.38. The van der Waals surface area contributed by atoms with Crippen LogP contribution in [0.2, 0.25) is 5.02 Å². The molecule has 0 saturated heterocycles. The summed E-state index contributed by atoms with van der Waals surface area (Å²) in [5.41, 5.74) is 5.02. The Kier molecular flexibility index (Phi) is 5.42. The lowest BCUT2D eigenvalue weighted by molar-refractivity contribution is 0.0774. The monoisotopic (exact) mass is 419 g/mol. The average molecular weight is 420 g/mol. The highest BCUT2D eigenvalue weighted by Gasteiger charge is 2.20. The van der Waals surface area contributed by atoms with Crippen molar-refractivity contribution < 1.29 is 4.79 Å². The summed E-state index contributed by atoms with van der Waals surface area (Å²) in [7, 11) is 3.57. The summed E-state index contributed by atoms with van der Waals surface area (Å²) in [6, 6.07) is 19.3. The Morgan fingerprint density at radius 3 is 2.40 bits per heavy atom. The van der Waals surface area contributed by atoms with Crippen molar-refractivity contribution in [3.05, 3.63) is 88.8 Å². The number of rotatable bonds is 5. The van der Waals surface area contributed by atoms with E-state index >= 15 is 0 Å². The maximum atomic E-state index is 13.0. The smallest absolute Gasteiger partial charge is 0.272 e. The summed E-state index contributed by atoms with van der Waals surface area (Å²) >= 11 is 6.06. The Labute approximate surface area is 180 Å². The summed E-state index contributed by atoms with van der Waals surface area (Å²) in [5, 5.41) is 9.75. The van der Waals surface area contributed by atoms with E-state index in [-0.39, 0.29) is 5.91 Å². The fourth-order valence-electron chi connectivity index (χ4n) is 3.42. The lowest BCUT2D eigenvalue weighted by Gasteiger charge is -2.17. The number of hydrogen-bond acceptors (Lipinski definition) is 3. The zero-order chi connectivity index (χ0) is 21.3. The molecule has 0 fully saturated rings. The normalized spacial score (nSPS) is 10.9. The molecule has 152 valence electrons. The molecule has 0 aliphatic carbocycles. The van der Waals surface area contributed by atoms with E-state index in [0.717, 1.165) is 28.2 Å². The standard InChI is InChI=1S/C23H22ClN5O/c1-16-13-21(28(3)25-16)23(30)27(2)14-18-15-29(20-7-5-4-6-8-20)26-22(18)17-9-11-19(24)12-10-17/h4-13,15H,14H2,1-3H3. The van der Waals surface area contributed by atoms with E-state index in [0.29, 0.717) is 17.3 Å². The van der Waals surface area contributed by atoms with E-state index in [9.17, 15) is 4.79 Å². The molecule has 2 aromatic heterocycles. The maximum Gasteiger partial charge on any atom is 0.272 e. The number of amides is 1. The van der Waals surface area contributed by atoms with Gasteiger partial charge in [-0.05, 0) is 37.3 Å². The van der Waals surface area contributed by atoms with Crippen molar-refractivity contribution in [1.29, 1.82) is 0 Å². The third-order valence-corrected chi connectivity index (χ3v) is 5.16. The highest BCUT2D eigenvalue weighted by atomic mass is 35.5. The summed E-state index contributed by atoms with van der Waals surface area (Å²) in [6.07, 6.45) is 1.97. The molecule has 7 heteroatoms. The number of carbonyl (C=O) groups excluding carboxylic acids is 1. The van der Waals surface area contributed by atoms with Crippen molar-refractivity contribution in [3.63, 3.8) is 0 Å². The maximum absolute atomic E-state index is 13.0. The second-order valence-electron chi connectivity index (χ2n) is 7.25.